The number of hydrogen-bond acceptors (Lipinski definition) is 4. The van der Waals surface area contributed by atoms with Gasteiger partial charge in [-0.25, -0.2) is 0 Å². The van der Waals surface area contributed by atoms with E-state index in [1.807, 2.05) is 0 Å². The number of carbonyl (C=O) groups excluding carboxylic acids is 1. The van der Waals surface area contributed by atoms with Crippen LogP contribution in [0.1, 0.15) is 22.3 Å². The summed E-state index contributed by atoms with van der Waals surface area (Å²) < 4.78 is 0. The van der Waals surface area contributed by atoms with Crippen LogP contribution in [0.15, 0.2) is 18.2 Å². The highest BCUT2D eigenvalue weighted by atomic mass is 16.3. The number of rotatable bonds is 3. The molecule has 0 saturated carbocycles. The highest BCUT2D eigenvalue weighted by molar-refractivity contribution is 5.94. The summed E-state index contributed by atoms with van der Waals surface area (Å²) in [6.45, 7) is 3.24. The van der Waals surface area contributed by atoms with E-state index < -0.39 is 5.60 Å². The van der Waals surface area contributed by atoms with Crippen molar-refractivity contribution in [3.63, 3.8) is 0 Å². The lowest BCUT2D eigenvalue weighted by Crippen LogP contribution is -2.44. The number of nitrogens with one attached hydrogen (secondary N) is 2. The first-order valence-electron chi connectivity index (χ1n) is 6.01. The standard InChI is InChI=1S/C13H18N2O3/c1-9-6-10(2-3-11(9)16)12(17)15-8-13(18)4-5-14-7-13/h2-3,6,14,16,18H,4-5,7-8H2,1H3,(H,15,17). The minimum atomic E-state index is -0.846. The number of phenolic OH excluding ortho intramolecular Hbond substituents is 1. The molecule has 4 N–H and O–H groups in total. The zero-order valence-electron chi connectivity index (χ0n) is 10.4. The van der Waals surface area contributed by atoms with Crippen LogP contribution in [0.2, 0.25) is 0 Å². The van der Waals surface area contributed by atoms with Crippen molar-refractivity contribution in [3.8, 4) is 5.75 Å². The largest absolute Gasteiger partial charge is 0.508 e. The van der Waals surface area contributed by atoms with Gasteiger partial charge in [0, 0.05) is 18.7 Å². The number of benzene rings is 1. The Morgan fingerprint density at radius 3 is 2.94 bits per heavy atom. The Bertz CT molecular complexity index is 454. The molecule has 98 valence electrons. The quantitative estimate of drug-likeness (QED) is 0.616. The second-order valence-electron chi connectivity index (χ2n) is 4.84. The smallest absolute Gasteiger partial charge is 0.251 e. The van der Waals surface area contributed by atoms with Crippen molar-refractivity contribution in [1.82, 2.24) is 10.6 Å². The van der Waals surface area contributed by atoms with Crippen molar-refractivity contribution in [3.05, 3.63) is 29.3 Å². The summed E-state index contributed by atoms with van der Waals surface area (Å²) in [6, 6.07) is 4.69. The number of phenols is 1. The predicted octanol–water partition coefficient (Wildman–Crippen LogP) is 0.155. The number of aryl methyl sites for hydroxylation is 1. The molecular formula is C13H18N2O3. The molecule has 5 heteroatoms. The molecule has 1 unspecified atom stereocenters. The van der Waals surface area contributed by atoms with Gasteiger partial charge in [-0.15, -0.1) is 0 Å². The second-order valence-corrected chi connectivity index (χ2v) is 4.84. The number of hydrogen-bond donors (Lipinski definition) is 4. The molecule has 1 aromatic carbocycles. The van der Waals surface area contributed by atoms with Crippen molar-refractivity contribution in [2.75, 3.05) is 19.6 Å². The molecule has 0 spiro atoms. The lowest BCUT2D eigenvalue weighted by Gasteiger charge is -2.21. The molecule has 1 aliphatic rings. The first-order valence-corrected chi connectivity index (χ1v) is 6.01. The molecule has 1 aliphatic heterocycles. The summed E-state index contributed by atoms with van der Waals surface area (Å²) in [5.74, 6) is -0.0661. The Kier molecular flexibility index (Phi) is 3.54. The fraction of sp³-hybridized carbons (Fsp3) is 0.462. The predicted molar refractivity (Wildman–Crippen MR) is 67.6 cm³/mol. The third-order valence-corrected chi connectivity index (χ3v) is 3.26. The van der Waals surface area contributed by atoms with Gasteiger partial charge in [0.2, 0.25) is 0 Å². The molecule has 0 radical (unpaired) electrons. The Hall–Kier alpha value is -1.59. The van der Waals surface area contributed by atoms with Crippen LogP contribution in [0, 0.1) is 6.92 Å². The number of aliphatic hydroxyl groups is 1. The van der Waals surface area contributed by atoms with Gasteiger partial charge in [0.25, 0.3) is 5.91 Å². The highest BCUT2D eigenvalue weighted by Crippen LogP contribution is 2.17. The summed E-state index contributed by atoms with van der Waals surface area (Å²) in [7, 11) is 0. The van der Waals surface area contributed by atoms with Crippen LogP contribution in [-0.4, -0.2) is 41.4 Å². The SMILES string of the molecule is Cc1cc(C(=O)NCC2(O)CCNC2)ccc1O. The van der Waals surface area contributed by atoms with Crippen molar-refractivity contribution in [1.29, 1.82) is 0 Å². The van der Waals surface area contributed by atoms with E-state index in [0.717, 1.165) is 6.54 Å². The van der Waals surface area contributed by atoms with Gasteiger partial charge >= 0.3 is 0 Å². The van der Waals surface area contributed by atoms with Gasteiger partial charge in [-0.3, -0.25) is 4.79 Å². The Morgan fingerprint density at radius 2 is 2.33 bits per heavy atom. The lowest BCUT2D eigenvalue weighted by molar-refractivity contribution is 0.0562. The minimum absolute atomic E-state index is 0.171. The normalized spacial score (nSPS) is 23.0. The average Bonchev–Trinajstić information content (AvgIpc) is 2.77. The summed E-state index contributed by atoms with van der Waals surface area (Å²) in [5.41, 5.74) is 0.297. The van der Waals surface area contributed by atoms with E-state index in [1.165, 1.54) is 6.07 Å². The van der Waals surface area contributed by atoms with Gasteiger partial charge in [0.05, 0.1) is 5.60 Å². The molecule has 1 aromatic rings. The van der Waals surface area contributed by atoms with Gasteiger partial charge in [-0.05, 0) is 43.7 Å². The second kappa shape index (κ2) is 4.96. The van der Waals surface area contributed by atoms with E-state index in [4.69, 9.17) is 0 Å². The Morgan fingerprint density at radius 1 is 1.56 bits per heavy atom. The van der Waals surface area contributed by atoms with E-state index in [0.29, 0.717) is 24.1 Å². The van der Waals surface area contributed by atoms with Gasteiger partial charge in [0.1, 0.15) is 5.75 Å². The summed E-state index contributed by atoms with van der Waals surface area (Å²) in [4.78, 5) is 11.9. The van der Waals surface area contributed by atoms with Gasteiger partial charge < -0.3 is 20.8 Å². The fourth-order valence-electron chi connectivity index (χ4n) is 2.02. The molecular weight excluding hydrogens is 232 g/mol. The number of amides is 1. The van der Waals surface area contributed by atoms with Gasteiger partial charge in [-0.2, -0.15) is 0 Å². The molecule has 1 saturated heterocycles. The van der Waals surface area contributed by atoms with E-state index in [2.05, 4.69) is 10.6 Å². The molecule has 1 heterocycles. The van der Waals surface area contributed by atoms with Gasteiger partial charge in [0.15, 0.2) is 0 Å². The topological polar surface area (TPSA) is 81.6 Å². The Balaban J connectivity index is 1.97. The van der Waals surface area contributed by atoms with Crippen LogP contribution in [0.3, 0.4) is 0 Å². The van der Waals surface area contributed by atoms with Crippen molar-refractivity contribution < 1.29 is 15.0 Å². The van der Waals surface area contributed by atoms with E-state index in [-0.39, 0.29) is 18.2 Å². The molecule has 1 amide bonds. The molecule has 2 rings (SSSR count). The summed E-state index contributed by atoms with van der Waals surface area (Å²) >= 11 is 0. The first kappa shape index (κ1) is 12.9. The molecule has 5 nitrogen and oxygen atoms in total. The zero-order chi connectivity index (χ0) is 13.2. The summed E-state index contributed by atoms with van der Waals surface area (Å²) in [5, 5.41) is 25.2. The molecule has 0 bridgehead atoms. The maximum Gasteiger partial charge on any atom is 0.251 e. The fourth-order valence-corrected chi connectivity index (χ4v) is 2.02. The Labute approximate surface area is 106 Å². The van der Waals surface area contributed by atoms with E-state index in [9.17, 15) is 15.0 Å². The van der Waals surface area contributed by atoms with Crippen LogP contribution in [0.25, 0.3) is 0 Å². The molecule has 1 atom stereocenters. The average molecular weight is 250 g/mol. The van der Waals surface area contributed by atoms with Crippen LogP contribution in [-0.2, 0) is 0 Å². The molecule has 0 aromatic heterocycles. The number of aromatic hydroxyl groups is 1. The van der Waals surface area contributed by atoms with Crippen molar-refractivity contribution in [2.45, 2.75) is 18.9 Å². The maximum absolute atomic E-state index is 11.9. The molecule has 18 heavy (non-hydrogen) atoms. The maximum atomic E-state index is 11.9. The highest BCUT2D eigenvalue weighted by Gasteiger charge is 2.31. The van der Waals surface area contributed by atoms with E-state index in [1.54, 1.807) is 19.1 Å². The van der Waals surface area contributed by atoms with Crippen molar-refractivity contribution in [2.24, 2.45) is 0 Å². The monoisotopic (exact) mass is 250 g/mol. The summed E-state index contributed by atoms with van der Waals surface area (Å²) in [6.07, 6.45) is 0.641. The van der Waals surface area contributed by atoms with Crippen LogP contribution in [0.4, 0.5) is 0 Å². The third kappa shape index (κ3) is 2.80. The number of β-amino-alcohol motifs (C(OH)–C–C–N with tert-alkyl or cyclic N) is 1. The van der Waals surface area contributed by atoms with Crippen LogP contribution < -0.4 is 10.6 Å². The van der Waals surface area contributed by atoms with Gasteiger partial charge in [-0.1, -0.05) is 0 Å². The molecule has 0 aliphatic carbocycles. The lowest BCUT2D eigenvalue weighted by atomic mass is 10.0. The van der Waals surface area contributed by atoms with E-state index >= 15 is 0 Å². The van der Waals surface area contributed by atoms with Crippen LogP contribution in [0.5, 0.6) is 5.75 Å². The van der Waals surface area contributed by atoms with Crippen molar-refractivity contribution >= 4 is 5.91 Å². The number of carbonyl (C=O) groups is 1. The molecule has 1 fully saturated rings. The first-order chi connectivity index (χ1) is 8.50. The third-order valence-electron chi connectivity index (χ3n) is 3.26. The minimum Gasteiger partial charge on any atom is -0.508 e. The van der Waals surface area contributed by atoms with Crippen LogP contribution >= 0.6 is 0 Å². The zero-order valence-corrected chi connectivity index (χ0v) is 10.4.